The second-order valence-electron chi connectivity index (χ2n) is 7.96. The lowest BCUT2D eigenvalue weighted by Gasteiger charge is -2.34. The van der Waals surface area contributed by atoms with Crippen molar-refractivity contribution in [3.63, 3.8) is 0 Å². The molecule has 1 aliphatic heterocycles. The van der Waals surface area contributed by atoms with Crippen molar-refractivity contribution in [1.82, 2.24) is 0 Å². The first kappa shape index (κ1) is 22.5. The number of rotatable bonds is 9. The van der Waals surface area contributed by atoms with Gasteiger partial charge in [-0.15, -0.1) is 0 Å². The van der Waals surface area contributed by atoms with E-state index in [1.807, 2.05) is 30.3 Å². The number of methoxy groups -OCH3 is 1. The van der Waals surface area contributed by atoms with Crippen LogP contribution < -0.4 is 24.4 Å². The van der Waals surface area contributed by atoms with E-state index in [4.69, 9.17) is 14.2 Å². The zero-order valence-corrected chi connectivity index (χ0v) is 18.5. The summed E-state index contributed by atoms with van der Waals surface area (Å²) in [6.07, 6.45) is 0.377. The fourth-order valence-corrected chi connectivity index (χ4v) is 3.36. The first-order valence-corrected chi connectivity index (χ1v) is 10.6. The fourth-order valence-electron chi connectivity index (χ4n) is 3.36. The molecule has 1 N–H and O–H groups in total. The molecule has 7 heteroatoms. The molecule has 0 aliphatic carbocycles. The van der Waals surface area contributed by atoms with Crippen LogP contribution in [0.3, 0.4) is 0 Å². The van der Waals surface area contributed by atoms with E-state index in [1.165, 1.54) is 0 Å². The van der Waals surface area contributed by atoms with Crippen LogP contribution in [0, 0.1) is 5.92 Å². The molecule has 2 amide bonds. The molecule has 3 rings (SSSR count). The molecule has 2 aromatic rings. The van der Waals surface area contributed by atoms with Gasteiger partial charge in [-0.1, -0.05) is 13.8 Å². The Bertz CT molecular complexity index is 911. The maximum Gasteiger partial charge on any atom is 0.267 e. The van der Waals surface area contributed by atoms with Gasteiger partial charge in [-0.25, -0.2) is 0 Å². The largest absolute Gasteiger partial charge is 0.497 e. The Morgan fingerprint density at radius 3 is 2.55 bits per heavy atom. The molecule has 1 heterocycles. The number of amides is 2. The summed E-state index contributed by atoms with van der Waals surface area (Å²) in [5.41, 5.74) is 1.38. The van der Waals surface area contributed by atoms with Gasteiger partial charge in [0.25, 0.3) is 5.91 Å². The number of nitrogens with one attached hydrogen (secondary N) is 1. The SMILES string of the molecule is COc1ccc(OCCCC(=O)Nc2ccc3c(c2)OC(C)C(=O)N3CC(C)C)cc1. The molecule has 0 saturated carbocycles. The van der Waals surface area contributed by atoms with E-state index in [-0.39, 0.29) is 11.8 Å². The molecule has 2 aromatic carbocycles. The van der Waals surface area contributed by atoms with Gasteiger partial charge in [-0.3, -0.25) is 9.59 Å². The smallest absolute Gasteiger partial charge is 0.267 e. The first-order chi connectivity index (χ1) is 14.9. The summed E-state index contributed by atoms with van der Waals surface area (Å²) in [5.74, 6) is 2.30. The van der Waals surface area contributed by atoms with Crippen LogP contribution in [0.15, 0.2) is 42.5 Å². The topological polar surface area (TPSA) is 77.1 Å². The Labute approximate surface area is 183 Å². The van der Waals surface area contributed by atoms with Gasteiger partial charge in [-0.05, 0) is 55.7 Å². The molecule has 0 radical (unpaired) electrons. The average Bonchev–Trinajstić information content (AvgIpc) is 2.74. The normalized spacial score (nSPS) is 15.3. The van der Waals surface area contributed by atoms with Crippen LogP contribution in [0.4, 0.5) is 11.4 Å². The number of hydrogen-bond acceptors (Lipinski definition) is 5. The number of ether oxygens (including phenoxy) is 3. The molecule has 7 nitrogen and oxygen atoms in total. The molecule has 0 aromatic heterocycles. The van der Waals surface area contributed by atoms with Gasteiger partial charge < -0.3 is 24.4 Å². The molecule has 1 aliphatic rings. The van der Waals surface area contributed by atoms with Crippen molar-refractivity contribution in [3.8, 4) is 17.2 Å². The monoisotopic (exact) mass is 426 g/mol. The zero-order valence-electron chi connectivity index (χ0n) is 18.5. The minimum absolute atomic E-state index is 0.0464. The summed E-state index contributed by atoms with van der Waals surface area (Å²) < 4.78 is 16.5. The van der Waals surface area contributed by atoms with Crippen LogP contribution >= 0.6 is 0 Å². The minimum Gasteiger partial charge on any atom is -0.497 e. The van der Waals surface area contributed by atoms with E-state index < -0.39 is 6.10 Å². The fraction of sp³-hybridized carbons (Fsp3) is 0.417. The third-order valence-corrected chi connectivity index (χ3v) is 4.88. The summed E-state index contributed by atoms with van der Waals surface area (Å²) in [5, 5.41) is 2.89. The molecule has 31 heavy (non-hydrogen) atoms. The highest BCUT2D eigenvalue weighted by Crippen LogP contribution is 2.36. The van der Waals surface area contributed by atoms with E-state index in [0.29, 0.717) is 43.3 Å². The lowest BCUT2D eigenvalue weighted by atomic mass is 10.1. The Morgan fingerprint density at radius 1 is 1.16 bits per heavy atom. The highest BCUT2D eigenvalue weighted by atomic mass is 16.5. The van der Waals surface area contributed by atoms with Gasteiger partial charge in [-0.2, -0.15) is 0 Å². The van der Waals surface area contributed by atoms with Crippen LogP contribution in [0.1, 0.15) is 33.6 Å². The van der Waals surface area contributed by atoms with Gasteiger partial charge >= 0.3 is 0 Å². The number of nitrogens with zero attached hydrogens (tertiary/aromatic N) is 1. The number of carbonyl (C=O) groups excluding carboxylic acids is 2. The van der Waals surface area contributed by atoms with E-state index in [9.17, 15) is 9.59 Å². The van der Waals surface area contributed by atoms with Crippen molar-refractivity contribution in [2.45, 2.75) is 39.7 Å². The minimum atomic E-state index is -0.549. The van der Waals surface area contributed by atoms with Crippen LogP contribution in [0.5, 0.6) is 17.2 Å². The van der Waals surface area contributed by atoms with Crippen molar-refractivity contribution >= 4 is 23.2 Å². The molecule has 0 fully saturated rings. The quantitative estimate of drug-likeness (QED) is 0.606. The maximum absolute atomic E-state index is 12.5. The van der Waals surface area contributed by atoms with Gasteiger partial charge in [0.05, 0.1) is 19.4 Å². The van der Waals surface area contributed by atoms with Crippen LogP contribution in [-0.2, 0) is 9.59 Å². The standard InChI is InChI=1S/C24H30N2O5/c1-16(2)15-26-21-12-7-18(14-22(21)31-17(3)24(26)28)25-23(27)6-5-13-30-20-10-8-19(29-4)9-11-20/h7-12,14,16-17H,5-6,13,15H2,1-4H3,(H,25,27). The molecule has 0 saturated heterocycles. The predicted molar refractivity (Wildman–Crippen MR) is 120 cm³/mol. The molecule has 0 bridgehead atoms. The Morgan fingerprint density at radius 2 is 1.87 bits per heavy atom. The third-order valence-electron chi connectivity index (χ3n) is 4.88. The van der Waals surface area contributed by atoms with E-state index in [1.54, 1.807) is 31.1 Å². The van der Waals surface area contributed by atoms with Crippen molar-refractivity contribution in [3.05, 3.63) is 42.5 Å². The second-order valence-corrected chi connectivity index (χ2v) is 7.96. The average molecular weight is 427 g/mol. The molecule has 166 valence electrons. The Hall–Kier alpha value is -3.22. The highest BCUT2D eigenvalue weighted by molar-refractivity contribution is 6.00. The zero-order chi connectivity index (χ0) is 22.4. The van der Waals surface area contributed by atoms with Crippen LogP contribution in [0.25, 0.3) is 0 Å². The highest BCUT2D eigenvalue weighted by Gasteiger charge is 2.31. The van der Waals surface area contributed by atoms with Crippen molar-refractivity contribution in [1.29, 1.82) is 0 Å². The summed E-state index contributed by atoms with van der Waals surface area (Å²) in [7, 11) is 1.62. The number of anilines is 2. The van der Waals surface area contributed by atoms with Crippen LogP contribution in [0.2, 0.25) is 0 Å². The number of fused-ring (bicyclic) bond motifs is 1. The van der Waals surface area contributed by atoms with Crippen molar-refractivity contribution < 1.29 is 23.8 Å². The first-order valence-electron chi connectivity index (χ1n) is 10.6. The lowest BCUT2D eigenvalue weighted by Crippen LogP contribution is -2.46. The van der Waals surface area contributed by atoms with Gasteiger partial charge in [0.2, 0.25) is 5.91 Å². The van der Waals surface area contributed by atoms with E-state index >= 15 is 0 Å². The van der Waals surface area contributed by atoms with Gasteiger partial charge in [0.15, 0.2) is 6.10 Å². The van der Waals surface area contributed by atoms with Gasteiger partial charge in [0.1, 0.15) is 17.2 Å². The Balaban J connectivity index is 1.52. The van der Waals surface area contributed by atoms with Crippen molar-refractivity contribution in [2.24, 2.45) is 5.92 Å². The molecular formula is C24H30N2O5. The third kappa shape index (κ3) is 5.90. The summed E-state index contributed by atoms with van der Waals surface area (Å²) in [6, 6.07) is 12.7. The predicted octanol–water partition coefficient (Wildman–Crippen LogP) is 4.26. The summed E-state index contributed by atoms with van der Waals surface area (Å²) >= 11 is 0. The van der Waals surface area contributed by atoms with Crippen LogP contribution in [-0.4, -0.2) is 38.2 Å². The number of carbonyl (C=O) groups is 2. The molecular weight excluding hydrogens is 396 g/mol. The number of hydrogen-bond donors (Lipinski definition) is 1. The van der Waals surface area contributed by atoms with Gasteiger partial charge in [0, 0.05) is 24.7 Å². The Kier molecular flexibility index (Phi) is 7.39. The molecule has 1 unspecified atom stereocenters. The second kappa shape index (κ2) is 10.2. The maximum atomic E-state index is 12.5. The van der Waals surface area contributed by atoms with Crippen molar-refractivity contribution in [2.75, 3.05) is 30.5 Å². The number of benzene rings is 2. The molecule has 0 spiro atoms. The summed E-state index contributed by atoms with van der Waals surface area (Å²) in [6.45, 7) is 6.95. The molecule has 1 atom stereocenters. The summed E-state index contributed by atoms with van der Waals surface area (Å²) in [4.78, 5) is 26.6. The van der Waals surface area contributed by atoms with E-state index in [0.717, 1.165) is 17.2 Å². The lowest BCUT2D eigenvalue weighted by molar-refractivity contribution is -0.125. The van der Waals surface area contributed by atoms with E-state index in [2.05, 4.69) is 19.2 Å².